The zero-order chi connectivity index (χ0) is 18.7. The molecule has 0 aromatic heterocycles. The number of primary amides is 1. The Morgan fingerprint density at radius 2 is 1.54 bits per heavy atom. The van der Waals surface area contributed by atoms with Crippen LogP contribution in [0.4, 0.5) is 11.4 Å². The molecular weight excluding hydrogens is 326 g/mol. The number of benzene rings is 2. The SMILES string of the molecule is Cc1ccccc1N(C(=O)C1=CNCC(C(N)=O)C1)c1ccccc1C. The maximum atomic E-state index is 13.4. The fraction of sp³-hybridized carbons (Fsp3) is 0.238. The molecule has 1 aliphatic heterocycles. The number of nitrogens with zero attached hydrogens (tertiary/aromatic N) is 1. The molecule has 0 bridgehead atoms. The van der Waals surface area contributed by atoms with Crippen LogP contribution >= 0.6 is 0 Å². The third-order valence-electron chi connectivity index (χ3n) is 4.70. The highest BCUT2D eigenvalue weighted by molar-refractivity contribution is 6.11. The second-order valence-electron chi connectivity index (χ2n) is 6.59. The molecule has 0 saturated carbocycles. The molecule has 134 valence electrons. The smallest absolute Gasteiger partial charge is 0.260 e. The number of para-hydroxylation sites is 2. The average molecular weight is 349 g/mol. The second kappa shape index (κ2) is 7.44. The normalized spacial score (nSPS) is 16.4. The second-order valence-corrected chi connectivity index (χ2v) is 6.59. The van der Waals surface area contributed by atoms with E-state index in [1.165, 1.54) is 0 Å². The van der Waals surface area contributed by atoms with Crippen LogP contribution in [0.15, 0.2) is 60.3 Å². The maximum absolute atomic E-state index is 13.4. The zero-order valence-electron chi connectivity index (χ0n) is 15.0. The van der Waals surface area contributed by atoms with Crippen LogP contribution in [0.5, 0.6) is 0 Å². The molecule has 3 N–H and O–H groups in total. The van der Waals surface area contributed by atoms with Gasteiger partial charge in [-0.05, 0) is 43.5 Å². The van der Waals surface area contributed by atoms with Gasteiger partial charge in [-0.15, -0.1) is 0 Å². The Bertz CT molecular complexity index is 828. The summed E-state index contributed by atoms with van der Waals surface area (Å²) in [5.41, 5.74) is 9.65. The molecule has 26 heavy (non-hydrogen) atoms. The number of hydrogen-bond acceptors (Lipinski definition) is 3. The number of amides is 2. The fourth-order valence-corrected chi connectivity index (χ4v) is 3.19. The van der Waals surface area contributed by atoms with Crippen molar-refractivity contribution in [3.63, 3.8) is 0 Å². The third kappa shape index (κ3) is 3.47. The molecule has 1 heterocycles. The molecule has 0 radical (unpaired) electrons. The molecule has 2 amide bonds. The van der Waals surface area contributed by atoms with Gasteiger partial charge in [-0.3, -0.25) is 14.5 Å². The number of aryl methyl sites for hydroxylation is 2. The summed E-state index contributed by atoms with van der Waals surface area (Å²) >= 11 is 0. The van der Waals surface area contributed by atoms with E-state index in [1.807, 2.05) is 62.4 Å². The van der Waals surface area contributed by atoms with E-state index < -0.39 is 5.91 Å². The molecule has 2 aromatic carbocycles. The van der Waals surface area contributed by atoms with E-state index in [1.54, 1.807) is 11.1 Å². The fourth-order valence-electron chi connectivity index (χ4n) is 3.19. The summed E-state index contributed by atoms with van der Waals surface area (Å²) in [5.74, 6) is -0.921. The summed E-state index contributed by atoms with van der Waals surface area (Å²) in [6.07, 6.45) is 2.04. The van der Waals surface area contributed by atoms with Gasteiger partial charge in [0, 0.05) is 18.3 Å². The molecule has 5 nitrogen and oxygen atoms in total. The Morgan fingerprint density at radius 1 is 1.00 bits per heavy atom. The molecular formula is C21H23N3O2. The summed E-state index contributed by atoms with van der Waals surface area (Å²) in [5, 5.41) is 3.02. The number of hydrogen-bond donors (Lipinski definition) is 2. The lowest BCUT2D eigenvalue weighted by Crippen LogP contribution is -2.38. The van der Waals surface area contributed by atoms with Crippen LogP contribution in [-0.2, 0) is 9.59 Å². The van der Waals surface area contributed by atoms with Crippen molar-refractivity contribution in [1.82, 2.24) is 5.32 Å². The van der Waals surface area contributed by atoms with Crippen molar-refractivity contribution >= 4 is 23.2 Å². The van der Waals surface area contributed by atoms with Crippen molar-refractivity contribution in [3.05, 3.63) is 71.4 Å². The number of anilines is 2. The van der Waals surface area contributed by atoms with Gasteiger partial charge < -0.3 is 11.1 Å². The number of rotatable bonds is 4. The predicted molar refractivity (Wildman–Crippen MR) is 103 cm³/mol. The van der Waals surface area contributed by atoms with Gasteiger partial charge in [0.25, 0.3) is 5.91 Å². The first kappa shape index (κ1) is 17.7. The van der Waals surface area contributed by atoms with Crippen molar-refractivity contribution in [3.8, 4) is 0 Å². The first-order valence-corrected chi connectivity index (χ1v) is 8.66. The van der Waals surface area contributed by atoms with Crippen molar-refractivity contribution in [2.24, 2.45) is 11.7 Å². The van der Waals surface area contributed by atoms with E-state index in [-0.39, 0.29) is 11.8 Å². The van der Waals surface area contributed by atoms with Crippen molar-refractivity contribution in [2.45, 2.75) is 20.3 Å². The molecule has 1 unspecified atom stereocenters. The van der Waals surface area contributed by atoms with Gasteiger partial charge in [0.15, 0.2) is 0 Å². The molecule has 0 fully saturated rings. The van der Waals surface area contributed by atoms with Crippen LogP contribution in [0.25, 0.3) is 0 Å². The van der Waals surface area contributed by atoms with Crippen molar-refractivity contribution < 1.29 is 9.59 Å². The van der Waals surface area contributed by atoms with Gasteiger partial charge in [0.2, 0.25) is 5.91 Å². The van der Waals surface area contributed by atoms with Crippen LogP contribution in [0.3, 0.4) is 0 Å². The lowest BCUT2D eigenvalue weighted by atomic mass is 9.95. The summed E-state index contributed by atoms with van der Waals surface area (Å²) in [6.45, 7) is 4.42. The van der Waals surface area contributed by atoms with Crippen molar-refractivity contribution in [1.29, 1.82) is 0 Å². The highest BCUT2D eigenvalue weighted by Crippen LogP contribution is 2.33. The van der Waals surface area contributed by atoms with E-state index in [4.69, 9.17) is 5.73 Å². The molecule has 3 rings (SSSR count). The number of carbonyl (C=O) groups is 2. The van der Waals surface area contributed by atoms with Crippen LogP contribution in [0.2, 0.25) is 0 Å². The number of nitrogens with two attached hydrogens (primary N) is 1. The Balaban J connectivity index is 2.06. The van der Waals surface area contributed by atoms with E-state index >= 15 is 0 Å². The molecule has 5 heteroatoms. The molecule has 1 atom stereocenters. The van der Waals surface area contributed by atoms with Gasteiger partial charge in [0.05, 0.1) is 17.3 Å². The third-order valence-corrected chi connectivity index (χ3v) is 4.70. The first-order valence-electron chi connectivity index (χ1n) is 8.66. The van der Waals surface area contributed by atoms with Gasteiger partial charge in [-0.25, -0.2) is 0 Å². The van der Waals surface area contributed by atoms with E-state index in [2.05, 4.69) is 5.32 Å². The van der Waals surface area contributed by atoms with Crippen LogP contribution in [0, 0.1) is 19.8 Å². The van der Waals surface area contributed by atoms with Gasteiger partial charge in [-0.2, -0.15) is 0 Å². The monoisotopic (exact) mass is 349 g/mol. The van der Waals surface area contributed by atoms with Crippen LogP contribution < -0.4 is 16.0 Å². The lowest BCUT2D eigenvalue weighted by molar-refractivity contribution is -0.121. The Labute approximate surface area is 153 Å². The van der Waals surface area contributed by atoms with E-state index in [9.17, 15) is 9.59 Å². The molecule has 0 aliphatic carbocycles. The minimum absolute atomic E-state index is 0.146. The number of carbonyl (C=O) groups excluding carboxylic acids is 2. The maximum Gasteiger partial charge on any atom is 0.260 e. The van der Waals surface area contributed by atoms with Crippen LogP contribution in [0.1, 0.15) is 17.5 Å². The Kier molecular flexibility index (Phi) is 5.07. The van der Waals surface area contributed by atoms with Crippen LogP contribution in [-0.4, -0.2) is 18.4 Å². The molecule has 2 aromatic rings. The highest BCUT2D eigenvalue weighted by Gasteiger charge is 2.29. The standard InChI is InChI=1S/C21H23N3O2/c1-14-7-3-5-9-18(14)24(19-10-6-4-8-15(19)2)21(26)17-11-16(20(22)25)12-23-13-17/h3-10,13,16,23H,11-12H2,1-2H3,(H2,22,25). The minimum Gasteiger partial charge on any atom is -0.390 e. The van der Waals surface area contributed by atoms with E-state index in [0.717, 1.165) is 22.5 Å². The highest BCUT2D eigenvalue weighted by atomic mass is 16.2. The average Bonchev–Trinajstić information content (AvgIpc) is 2.65. The first-order chi connectivity index (χ1) is 12.5. The summed E-state index contributed by atoms with van der Waals surface area (Å²) < 4.78 is 0. The van der Waals surface area contributed by atoms with Gasteiger partial charge >= 0.3 is 0 Å². The summed E-state index contributed by atoms with van der Waals surface area (Å²) in [7, 11) is 0. The largest absolute Gasteiger partial charge is 0.390 e. The molecule has 0 saturated heterocycles. The summed E-state index contributed by atoms with van der Waals surface area (Å²) in [4.78, 5) is 26.7. The van der Waals surface area contributed by atoms with Crippen molar-refractivity contribution in [2.75, 3.05) is 11.4 Å². The van der Waals surface area contributed by atoms with Gasteiger partial charge in [0.1, 0.15) is 0 Å². The molecule has 1 aliphatic rings. The topological polar surface area (TPSA) is 75.4 Å². The predicted octanol–water partition coefficient (Wildman–Crippen LogP) is 2.95. The van der Waals surface area contributed by atoms with Gasteiger partial charge in [-0.1, -0.05) is 36.4 Å². The Morgan fingerprint density at radius 3 is 2.04 bits per heavy atom. The summed E-state index contributed by atoms with van der Waals surface area (Å²) in [6, 6.07) is 15.6. The molecule has 0 spiro atoms. The quantitative estimate of drug-likeness (QED) is 0.891. The lowest BCUT2D eigenvalue weighted by Gasteiger charge is -2.29. The number of nitrogens with one attached hydrogen (secondary N) is 1. The minimum atomic E-state index is -0.394. The zero-order valence-corrected chi connectivity index (χ0v) is 15.0. The Hall–Kier alpha value is -3.08. The van der Waals surface area contributed by atoms with E-state index in [0.29, 0.717) is 18.5 Å².